The number of thiazole rings is 1. The average Bonchev–Trinajstić information content (AvgIpc) is 3.21. The fourth-order valence-electron chi connectivity index (χ4n) is 2.70. The van der Waals surface area contributed by atoms with Crippen molar-refractivity contribution in [3.05, 3.63) is 53.4 Å². The Hall–Kier alpha value is -3.06. The number of hydrogen-bond donors (Lipinski definition) is 2. The van der Waals surface area contributed by atoms with Gasteiger partial charge in [-0.05, 0) is 29.8 Å². The Bertz CT molecular complexity index is 1010. The third kappa shape index (κ3) is 5.30. The topological polar surface area (TPSA) is 72.5 Å². The second kappa shape index (κ2) is 9.17. The van der Waals surface area contributed by atoms with E-state index in [2.05, 4.69) is 15.6 Å². The highest BCUT2D eigenvalue weighted by Gasteiger charge is 2.21. The van der Waals surface area contributed by atoms with Gasteiger partial charge < -0.3 is 20.1 Å². The van der Waals surface area contributed by atoms with Crippen LogP contribution in [0, 0.1) is 5.41 Å². The molecule has 2 N–H and O–H groups in total. The Morgan fingerprint density at radius 1 is 1.03 bits per heavy atom. The molecular weight excluding hydrogens is 398 g/mol. The van der Waals surface area contributed by atoms with Crippen LogP contribution in [0.4, 0.5) is 10.8 Å². The zero-order chi connectivity index (χ0) is 21.7. The molecule has 1 amide bonds. The molecule has 0 unspecified atom stereocenters. The zero-order valence-corrected chi connectivity index (χ0v) is 18.7. The first-order valence-electron chi connectivity index (χ1n) is 9.62. The fraction of sp³-hybridized carbons (Fsp3) is 0.304. The molecule has 2 aromatic carbocycles. The largest absolute Gasteiger partial charge is 0.493 e. The third-order valence-corrected chi connectivity index (χ3v) is 5.32. The zero-order valence-electron chi connectivity index (χ0n) is 17.9. The summed E-state index contributed by atoms with van der Waals surface area (Å²) in [5, 5.41) is 9.13. The van der Waals surface area contributed by atoms with E-state index in [9.17, 15) is 4.79 Å². The first-order valence-corrected chi connectivity index (χ1v) is 10.5. The molecule has 30 heavy (non-hydrogen) atoms. The molecule has 0 aliphatic carbocycles. The first kappa shape index (κ1) is 21.6. The van der Waals surface area contributed by atoms with Crippen LogP contribution in [-0.2, 0) is 11.3 Å². The van der Waals surface area contributed by atoms with Gasteiger partial charge in [0.25, 0.3) is 0 Å². The molecule has 0 aliphatic heterocycles. The van der Waals surface area contributed by atoms with Gasteiger partial charge in [-0.1, -0.05) is 39.0 Å². The number of benzene rings is 2. The van der Waals surface area contributed by atoms with Crippen LogP contribution in [-0.4, -0.2) is 25.1 Å². The fourth-order valence-corrected chi connectivity index (χ4v) is 3.42. The van der Waals surface area contributed by atoms with Crippen LogP contribution in [0.2, 0.25) is 0 Å². The molecule has 0 saturated heterocycles. The van der Waals surface area contributed by atoms with E-state index in [0.717, 1.165) is 27.6 Å². The van der Waals surface area contributed by atoms with Gasteiger partial charge in [0, 0.05) is 28.6 Å². The van der Waals surface area contributed by atoms with Crippen molar-refractivity contribution in [2.75, 3.05) is 24.9 Å². The number of ether oxygens (including phenoxy) is 2. The standard InChI is InChI=1S/C23H27N3O3S/c1-23(2,3)21(27)25-17-9-7-16(8-10-17)18-14-30-22(26-18)24-13-15-6-11-19(28-4)20(12-15)29-5/h6-12,14H,13H2,1-5H3,(H,24,26)(H,25,27). The summed E-state index contributed by atoms with van der Waals surface area (Å²) in [6, 6.07) is 13.6. The van der Waals surface area contributed by atoms with Crippen molar-refractivity contribution < 1.29 is 14.3 Å². The van der Waals surface area contributed by atoms with Crippen molar-refractivity contribution in [2.45, 2.75) is 27.3 Å². The Morgan fingerprint density at radius 2 is 1.73 bits per heavy atom. The van der Waals surface area contributed by atoms with Crippen LogP contribution < -0.4 is 20.1 Å². The number of methoxy groups -OCH3 is 2. The minimum Gasteiger partial charge on any atom is -0.493 e. The molecule has 0 aliphatic rings. The molecule has 3 aromatic rings. The summed E-state index contributed by atoms with van der Waals surface area (Å²) < 4.78 is 10.6. The summed E-state index contributed by atoms with van der Waals surface area (Å²) in [4.78, 5) is 16.8. The van der Waals surface area contributed by atoms with Crippen LogP contribution in [0.15, 0.2) is 47.8 Å². The van der Waals surface area contributed by atoms with Gasteiger partial charge >= 0.3 is 0 Å². The van der Waals surface area contributed by atoms with Gasteiger partial charge in [0.1, 0.15) is 0 Å². The number of aromatic nitrogens is 1. The molecule has 7 heteroatoms. The van der Waals surface area contributed by atoms with Crippen LogP contribution >= 0.6 is 11.3 Å². The summed E-state index contributed by atoms with van der Waals surface area (Å²) in [5.74, 6) is 1.40. The molecule has 0 spiro atoms. The van der Waals surface area contributed by atoms with Gasteiger partial charge in [0.2, 0.25) is 5.91 Å². The lowest BCUT2D eigenvalue weighted by molar-refractivity contribution is -0.123. The van der Waals surface area contributed by atoms with Gasteiger partial charge in [0.05, 0.1) is 19.9 Å². The molecule has 158 valence electrons. The van der Waals surface area contributed by atoms with E-state index in [0.29, 0.717) is 18.0 Å². The highest BCUT2D eigenvalue weighted by atomic mass is 32.1. The molecule has 0 saturated carbocycles. The van der Waals surface area contributed by atoms with Crippen molar-refractivity contribution >= 4 is 28.1 Å². The maximum absolute atomic E-state index is 12.1. The Morgan fingerprint density at radius 3 is 2.37 bits per heavy atom. The van der Waals surface area contributed by atoms with E-state index in [1.54, 1.807) is 25.6 Å². The second-order valence-electron chi connectivity index (χ2n) is 7.86. The van der Waals surface area contributed by atoms with Gasteiger partial charge in [-0.2, -0.15) is 0 Å². The molecule has 1 aromatic heterocycles. The molecule has 0 fully saturated rings. The lowest BCUT2D eigenvalue weighted by Crippen LogP contribution is -2.27. The summed E-state index contributed by atoms with van der Waals surface area (Å²) in [6.07, 6.45) is 0. The quantitative estimate of drug-likeness (QED) is 0.528. The predicted molar refractivity (Wildman–Crippen MR) is 123 cm³/mol. The molecule has 0 atom stereocenters. The lowest BCUT2D eigenvalue weighted by Gasteiger charge is -2.17. The smallest absolute Gasteiger partial charge is 0.229 e. The first-order chi connectivity index (χ1) is 14.3. The third-order valence-electron chi connectivity index (χ3n) is 4.52. The van der Waals surface area contributed by atoms with Crippen molar-refractivity contribution in [3.8, 4) is 22.8 Å². The molecule has 3 rings (SSSR count). The molecule has 0 bridgehead atoms. The van der Waals surface area contributed by atoms with Crippen molar-refractivity contribution in [1.29, 1.82) is 0 Å². The molecule has 1 heterocycles. The maximum atomic E-state index is 12.1. The SMILES string of the molecule is COc1ccc(CNc2nc(-c3ccc(NC(=O)C(C)(C)C)cc3)cs2)cc1OC. The summed E-state index contributed by atoms with van der Waals surface area (Å²) in [6.45, 7) is 6.30. The number of hydrogen-bond acceptors (Lipinski definition) is 6. The number of nitrogens with one attached hydrogen (secondary N) is 2. The average molecular weight is 426 g/mol. The van der Waals surface area contributed by atoms with E-state index in [1.165, 1.54) is 0 Å². The van der Waals surface area contributed by atoms with Gasteiger partial charge in [-0.15, -0.1) is 11.3 Å². The lowest BCUT2D eigenvalue weighted by atomic mass is 9.95. The highest BCUT2D eigenvalue weighted by molar-refractivity contribution is 7.14. The predicted octanol–water partition coefficient (Wildman–Crippen LogP) is 5.42. The monoisotopic (exact) mass is 425 g/mol. The van der Waals surface area contributed by atoms with Gasteiger partial charge in [0.15, 0.2) is 16.6 Å². The number of amides is 1. The Labute approximate surface area is 181 Å². The Balaban J connectivity index is 1.63. The molecule has 0 radical (unpaired) electrons. The van der Waals surface area contributed by atoms with Crippen LogP contribution in [0.5, 0.6) is 11.5 Å². The summed E-state index contributed by atoms with van der Waals surface area (Å²) in [7, 11) is 3.25. The van der Waals surface area contributed by atoms with Crippen molar-refractivity contribution in [2.24, 2.45) is 5.41 Å². The second-order valence-corrected chi connectivity index (χ2v) is 8.72. The van der Waals surface area contributed by atoms with Crippen molar-refractivity contribution in [1.82, 2.24) is 4.98 Å². The van der Waals surface area contributed by atoms with Crippen LogP contribution in [0.3, 0.4) is 0 Å². The number of nitrogens with zero attached hydrogens (tertiary/aromatic N) is 1. The van der Waals surface area contributed by atoms with E-state index >= 15 is 0 Å². The molecular formula is C23H27N3O3S. The minimum absolute atomic E-state index is 0.00874. The van der Waals surface area contributed by atoms with Crippen LogP contribution in [0.25, 0.3) is 11.3 Å². The van der Waals surface area contributed by atoms with Gasteiger partial charge in [-0.3, -0.25) is 4.79 Å². The molecule has 6 nitrogen and oxygen atoms in total. The van der Waals surface area contributed by atoms with E-state index < -0.39 is 5.41 Å². The number of carbonyl (C=O) groups excluding carboxylic acids is 1. The van der Waals surface area contributed by atoms with E-state index in [4.69, 9.17) is 9.47 Å². The van der Waals surface area contributed by atoms with Crippen LogP contribution in [0.1, 0.15) is 26.3 Å². The minimum atomic E-state index is -0.429. The van der Waals surface area contributed by atoms with Crippen molar-refractivity contribution in [3.63, 3.8) is 0 Å². The van der Waals surface area contributed by atoms with E-state index in [1.807, 2.05) is 68.6 Å². The maximum Gasteiger partial charge on any atom is 0.229 e. The number of anilines is 2. The number of rotatable bonds is 7. The summed E-state index contributed by atoms with van der Waals surface area (Å²) >= 11 is 1.55. The summed E-state index contributed by atoms with van der Waals surface area (Å²) in [5.41, 5.74) is 3.31. The van der Waals surface area contributed by atoms with Gasteiger partial charge in [-0.25, -0.2) is 4.98 Å². The normalized spacial score (nSPS) is 11.1. The number of carbonyl (C=O) groups is 1. The Kier molecular flexibility index (Phi) is 6.62. The highest BCUT2D eigenvalue weighted by Crippen LogP contribution is 2.29. The van der Waals surface area contributed by atoms with E-state index in [-0.39, 0.29) is 5.91 Å².